The van der Waals surface area contributed by atoms with E-state index < -0.39 is 28.8 Å². The molecule has 0 aliphatic carbocycles. The molecule has 0 saturated heterocycles. The van der Waals surface area contributed by atoms with Crippen molar-refractivity contribution in [2.75, 3.05) is 11.9 Å². The van der Waals surface area contributed by atoms with Gasteiger partial charge < -0.3 is 15.4 Å². The molecule has 0 spiro atoms. The number of halogens is 1. The molecular formula is C19H18ClN3O6. The number of non-ortho nitro benzene ring substituents is 1. The highest BCUT2D eigenvalue weighted by Gasteiger charge is 2.18. The Kier molecular flexibility index (Phi) is 7.67. The van der Waals surface area contributed by atoms with E-state index in [-0.39, 0.29) is 24.2 Å². The van der Waals surface area contributed by atoms with E-state index in [1.807, 2.05) is 0 Å². The first-order valence-electron chi connectivity index (χ1n) is 8.55. The van der Waals surface area contributed by atoms with Crippen LogP contribution in [0.3, 0.4) is 0 Å². The number of nitro benzene ring substituents is 1. The van der Waals surface area contributed by atoms with E-state index in [1.54, 1.807) is 24.3 Å². The zero-order valence-corrected chi connectivity index (χ0v) is 16.1. The fraction of sp³-hybridized carbons (Fsp3) is 0.211. The van der Waals surface area contributed by atoms with Crippen LogP contribution in [0.25, 0.3) is 0 Å². The minimum Gasteiger partial charge on any atom is -0.452 e. The number of hydrogen-bond donors (Lipinski definition) is 2. The Morgan fingerprint density at radius 3 is 2.31 bits per heavy atom. The largest absolute Gasteiger partial charge is 0.452 e. The van der Waals surface area contributed by atoms with E-state index in [4.69, 9.17) is 16.3 Å². The summed E-state index contributed by atoms with van der Waals surface area (Å²) in [4.78, 5) is 45.9. The zero-order chi connectivity index (χ0) is 21.4. The summed E-state index contributed by atoms with van der Waals surface area (Å²) in [5.74, 6) is -1.65. The first-order chi connectivity index (χ1) is 13.8. The Morgan fingerprint density at radius 1 is 1.10 bits per heavy atom. The van der Waals surface area contributed by atoms with Gasteiger partial charge in [0.2, 0.25) is 0 Å². The third-order valence-electron chi connectivity index (χ3n) is 3.74. The van der Waals surface area contributed by atoms with Gasteiger partial charge in [0.1, 0.15) is 0 Å². The normalized spacial score (nSPS) is 11.2. The molecule has 10 heteroatoms. The Morgan fingerprint density at radius 2 is 1.72 bits per heavy atom. The lowest BCUT2D eigenvalue weighted by atomic mass is 10.2. The predicted octanol–water partition coefficient (Wildman–Crippen LogP) is 2.94. The van der Waals surface area contributed by atoms with Crippen LogP contribution in [-0.2, 0) is 14.3 Å². The molecular weight excluding hydrogens is 402 g/mol. The standard InChI is InChI=1S/C19H18ClN3O6/c1-12(18(25)22-15-6-4-14(20)5-7-15)29-17(24)10-11-21-19(26)13-2-8-16(9-3-13)23(27)28/h2-9,12H,10-11H2,1H3,(H,21,26)(H,22,25)/t12-/m0/s1. The van der Waals surface area contributed by atoms with Crippen molar-refractivity contribution in [2.24, 2.45) is 0 Å². The van der Waals surface area contributed by atoms with Crippen LogP contribution in [0.4, 0.5) is 11.4 Å². The fourth-order valence-electron chi connectivity index (χ4n) is 2.20. The summed E-state index contributed by atoms with van der Waals surface area (Å²) < 4.78 is 5.03. The van der Waals surface area contributed by atoms with Gasteiger partial charge in [0.15, 0.2) is 6.10 Å². The quantitative estimate of drug-likeness (QED) is 0.384. The van der Waals surface area contributed by atoms with Crippen molar-refractivity contribution in [1.82, 2.24) is 5.32 Å². The monoisotopic (exact) mass is 419 g/mol. The number of carbonyl (C=O) groups is 3. The molecule has 0 saturated carbocycles. The number of nitrogens with zero attached hydrogens (tertiary/aromatic N) is 1. The van der Waals surface area contributed by atoms with Gasteiger partial charge >= 0.3 is 5.97 Å². The molecule has 0 aromatic heterocycles. The minimum atomic E-state index is -1.02. The number of amides is 2. The molecule has 0 aliphatic heterocycles. The van der Waals surface area contributed by atoms with Crippen LogP contribution in [-0.4, -0.2) is 35.4 Å². The molecule has 0 aliphatic rings. The maximum absolute atomic E-state index is 12.0. The summed E-state index contributed by atoms with van der Waals surface area (Å²) >= 11 is 5.77. The van der Waals surface area contributed by atoms with Gasteiger partial charge in [0.05, 0.1) is 11.3 Å². The van der Waals surface area contributed by atoms with Crippen molar-refractivity contribution in [2.45, 2.75) is 19.4 Å². The van der Waals surface area contributed by atoms with Crippen molar-refractivity contribution in [3.63, 3.8) is 0 Å². The number of anilines is 1. The Hall–Kier alpha value is -3.46. The number of hydrogen-bond acceptors (Lipinski definition) is 6. The van der Waals surface area contributed by atoms with E-state index in [1.165, 1.54) is 31.2 Å². The van der Waals surface area contributed by atoms with Crippen molar-refractivity contribution in [3.05, 3.63) is 69.2 Å². The zero-order valence-electron chi connectivity index (χ0n) is 15.4. The highest BCUT2D eigenvalue weighted by molar-refractivity contribution is 6.30. The molecule has 152 valence electrons. The average molecular weight is 420 g/mol. The summed E-state index contributed by atoms with van der Waals surface area (Å²) in [5, 5.41) is 16.2. The van der Waals surface area contributed by atoms with Gasteiger partial charge in [0, 0.05) is 35.0 Å². The van der Waals surface area contributed by atoms with E-state index in [2.05, 4.69) is 10.6 Å². The topological polar surface area (TPSA) is 128 Å². The van der Waals surface area contributed by atoms with E-state index in [9.17, 15) is 24.5 Å². The van der Waals surface area contributed by atoms with Crippen LogP contribution in [0.1, 0.15) is 23.7 Å². The lowest BCUT2D eigenvalue weighted by Gasteiger charge is -2.13. The molecule has 2 aromatic carbocycles. The van der Waals surface area contributed by atoms with Crippen molar-refractivity contribution in [1.29, 1.82) is 0 Å². The van der Waals surface area contributed by atoms with Gasteiger partial charge in [-0.15, -0.1) is 0 Å². The van der Waals surface area contributed by atoms with E-state index in [0.29, 0.717) is 10.7 Å². The summed E-state index contributed by atoms with van der Waals surface area (Å²) in [6.45, 7) is 1.42. The number of carbonyl (C=O) groups excluding carboxylic acids is 3. The predicted molar refractivity (Wildman–Crippen MR) is 106 cm³/mol. The average Bonchev–Trinajstić information content (AvgIpc) is 2.69. The second-order valence-corrected chi connectivity index (χ2v) is 6.37. The minimum absolute atomic E-state index is 0.0137. The van der Waals surface area contributed by atoms with Gasteiger partial charge in [-0.05, 0) is 43.3 Å². The van der Waals surface area contributed by atoms with Crippen molar-refractivity contribution < 1.29 is 24.0 Å². The molecule has 0 fully saturated rings. The number of rotatable bonds is 8. The summed E-state index contributed by atoms with van der Waals surface area (Å²) in [6.07, 6.45) is -1.17. The van der Waals surface area contributed by atoms with Crippen LogP contribution in [0.5, 0.6) is 0 Å². The van der Waals surface area contributed by atoms with Gasteiger partial charge in [0.25, 0.3) is 17.5 Å². The molecule has 29 heavy (non-hydrogen) atoms. The molecule has 9 nitrogen and oxygen atoms in total. The highest BCUT2D eigenvalue weighted by Crippen LogP contribution is 2.14. The molecule has 2 amide bonds. The molecule has 0 radical (unpaired) electrons. The first-order valence-corrected chi connectivity index (χ1v) is 8.92. The third kappa shape index (κ3) is 6.89. The lowest BCUT2D eigenvalue weighted by molar-refractivity contribution is -0.384. The maximum Gasteiger partial charge on any atom is 0.308 e. The molecule has 2 N–H and O–H groups in total. The van der Waals surface area contributed by atoms with Crippen LogP contribution < -0.4 is 10.6 Å². The Balaban J connectivity index is 1.74. The molecule has 0 bridgehead atoms. The molecule has 0 heterocycles. The second-order valence-electron chi connectivity index (χ2n) is 5.94. The number of esters is 1. The van der Waals surface area contributed by atoms with Crippen LogP contribution in [0, 0.1) is 10.1 Å². The number of benzene rings is 2. The molecule has 2 rings (SSSR count). The van der Waals surface area contributed by atoms with E-state index in [0.717, 1.165) is 0 Å². The Bertz CT molecular complexity index is 899. The first kappa shape index (κ1) is 21.8. The van der Waals surface area contributed by atoms with Gasteiger partial charge in [-0.3, -0.25) is 24.5 Å². The van der Waals surface area contributed by atoms with Crippen LogP contribution >= 0.6 is 11.6 Å². The highest BCUT2D eigenvalue weighted by atomic mass is 35.5. The van der Waals surface area contributed by atoms with Gasteiger partial charge in [-0.2, -0.15) is 0 Å². The van der Waals surface area contributed by atoms with Crippen molar-refractivity contribution >= 4 is 40.8 Å². The lowest BCUT2D eigenvalue weighted by Crippen LogP contribution is -2.32. The number of nitrogens with one attached hydrogen (secondary N) is 2. The van der Waals surface area contributed by atoms with Gasteiger partial charge in [-0.1, -0.05) is 11.6 Å². The molecule has 2 aromatic rings. The molecule has 1 atom stereocenters. The number of ether oxygens (including phenoxy) is 1. The summed E-state index contributed by atoms with van der Waals surface area (Å²) in [7, 11) is 0. The third-order valence-corrected chi connectivity index (χ3v) is 4.00. The van der Waals surface area contributed by atoms with Crippen LogP contribution in [0.15, 0.2) is 48.5 Å². The maximum atomic E-state index is 12.0. The smallest absolute Gasteiger partial charge is 0.308 e. The van der Waals surface area contributed by atoms with Crippen molar-refractivity contribution in [3.8, 4) is 0 Å². The summed E-state index contributed by atoms with van der Waals surface area (Å²) in [5.41, 5.74) is 0.605. The molecule has 0 unspecified atom stereocenters. The van der Waals surface area contributed by atoms with Gasteiger partial charge in [-0.25, -0.2) is 0 Å². The summed E-state index contributed by atoms with van der Waals surface area (Å²) in [6, 6.07) is 11.5. The Labute approximate surface area is 171 Å². The second kappa shape index (κ2) is 10.2. The van der Waals surface area contributed by atoms with Crippen LogP contribution in [0.2, 0.25) is 5.02 Å². The fourth-order valence-corrected chi connectivity index (χ4v) is 2.33. The SMILES string of the molecule is C[C@H](OC(=O)CCNC(=O)c1ccc([N+](=O)[O-])cc1)C(=O)Nc1ccc(Cl)cc1. The van der Waals surface area contributed by atoms with E-state index >= 15 is 0 Å². The number of nitro groups is 1.